The van der Waals surface area contributed by atoms with E-state index in [4.69, 9.17) is 16.2 Å². The average molecular weight is 504 g/mol. The highest BCUT2D eigenvalue weighted by atomic mass is 16.5. The Bertz CT molecular complexity index is 1380. The number of amides is 5. The van der Waals surface area contributed by atoms with Crippen molar-refractivity contribution >= 4 is 41.1 Å². The Morgan fingerprint density at radius 1 is 1.00 bits per heavy atom. The zero-order chi connectivity index (χ0) is 27.0. The highest BCUT2D eigenvalue weighted by Crippen LogP contribution is 2.51. The number of urea groups is 1. The molecule has 2 aromatic carbocycles. The van der Waals surface area contributed by atoms with E-state index in [0.717, 1.165) is 4.90 Å². The van der Waals surface area contributed by atoms with Crippen LogP contribution < -0.4 is 25.6 Å². The van der Waals surface area contributed by atoms with E-state index in [2.05, 4.69) is 9.97 Å². The molecule has 3 aromatic rings. The van der Waals surface area contributed by atoms with Gasteiger partial charge in [-0.15, -0.1) is 4.48 Å². The van der Waals surface area contributed by atoms with Gasteiger partial charge in [0.2, 0.25) is 17.4 Å². The number of methoxy groups -OCH3 is 1. The van der Waals surface area contributed by atoms with E-state index in [1.54, 1.807) is 56.3 Å². The largest absolute Gasteiger partial charge is 0.497 e. The van der Waals surface area contributed by atoms with Gasteiger partial charge in [-0.3, -0.25) is 9.59 Å². The van der Waals surface area contributed by atoms with Gasteiger partial charge in [0.05, 0.1) is 7.11 Å². The van der Waals surface area contributed by atoms with Crippen LogP contribution in [0.4, 0.5) is 22.1 Å². The molecule has 0 saturated heterocycles. The normalized spacial score (nSPS) is 19.1. The first-order chi connectivity index (χ1) is 17.6. The lowest BCUT2D eigenvalue weighted by atomic mass is 9.74. The van der Waals surface area contributed by atoms with Crippen molar-refractivity contribution in [3.8, 4) is 5.75 Å². The third kappa shape index (κ3) is 3.54. The minimum Gasteiger partial charge on any atom is -0.497 e. The molecule has 0 aliphatic carbocycles. The zero-order valence-corrected chi connectivity index (χ0v) is 20.6. The monoisotopic (exact) mass is 503 g/mol. The van der Waals surface area contributed by atoms with Gasteiger partial charge in [0, 0.05) is 29.9 Å². The van der Waals surface area contributed by atoms with Crippen molar-refractivity contribution in [1.82, 2.24) is 14.5 Å². The summed E-state index contributed by atoms with van der Waals surface area (Å²) in [5, 5.41) is 0. The first kappa shape index (κ1) is 25.5. The molecule has 11 nitrogen and oxygen atoms in total. The Labute approximate surface area is 213 Å². The summed E-state index contributed by atoms with van der Waals surface area (Å²) in [5.41, 5.74) is 10.6. The molecular weight excluding hydrogens is 476 g/mol. The molecule has 5 amide bonds. The lowest BCUT2D eigenvalue weighted by molar-refractivity contribution is -0.145. The molecule has 4 N–H and O–H groups in total. The lowest BCUT2D eigenvalue weighted by Crippen LogP contribution is -2.77. The molecule has 4 rings (SSSR count). The fourth-order valence-corrected chi connectivity index (χ4v) is 5.31. The van der Waals surface area contributed by atoms with Crippen LogP contribution in [0.3, 0.4) is 0 Å². The Kier molecular flexibility index (Phi) is 6.49. The Balaban J connectivity index is 2.18. The molecule has 0 bridgehead atoms. The summed E-state index contributed by atoms with van der Waals surface area (Å²) in [4.78, 5) is 64.5. The number of quaternary nitrogens is 1. The van der Waals surface area contributed by atoms with Crippen molar-refractivity contribution in [3.05, 3.63) is 72.6 Å². The molecule has 0 fully saturated rings. The maximum atomic E-state index is 14.2. The smallest absolute Gasteiger partial charge is 0.427 e. The zero-order valence-electron chi connectivity index (χ0n) is 20.6. The third-order valence-corrected chi connectivity index (χ3v) is 6.76. The van der Waals surface area contributed by atoms with E-state index >= 15 is 0 Å². The van der Waals surface area contributed by atoms with Crippen LogP contribution in [0.15, 0.2) is 67.0 Å². The second-order valence-electron chi connectivity index (χ2n) is 8.86. The number of carbonyl (C=O) groups is 4. The molecule has 0 saturated carbocycles. The molecule has 11 heteroatoms. The quantitative estimate of drug-likeness (QED) is 0.386. The molecule has 2 atom stereocenters. The van der Waals surface area contributed by atoms with Crippen molar-refractivity contribution in [2.45, 2.75) is 25.8 Å². The van der Waals surface area contributed by atoms with Gasteiger partial charge in [-0.25, -0.2) is 24.5 Å². The number of primary amides is 2. The van der Waals surface area contributed by atoms with E-state index < -0.39 is 46.1 Å². The van der Waals surface area contributed by atoms with Gasteiger partial charge < -0.3 is 16.2 Å². The lowest BCUT2D eigenvalue weighted by Gasteiger charge is -2.47. The molecule has 190 valence electrons. The number of ether oxygens (including phenoxy) is 1. The van der Waals surface area contributed by atoms with E-state index in [0.29, 0.717) is 5.75 Å². The van der Waals surface area contributed by atoms with Gasteiger partial charge in [0.15, 0.2) is 5.69 Å². The van der Waals surface area contributed by atoms with Gasteiger partial charge in [-0.05, 0) is 36.4 Å². The van der Waals surface area contributed by atoms with E-state index in [1.807, 2.05) is 0 Å². The van der Waals surface area contributed by atoms with Crippen molar-refractivity contribution in [2.75, 3.05) is 12.0 Å². The maximum absolute atomic E-state index is 14.2. The van der Waals surface area contributed by atoms with Gasteiger partial charge in [0.1, 0.15) is 17.9 Å². The summed E-state index contributed by atoms with van der Waals surface area (Å²) >= 11 is 0. The summed E-state index contributed by atoms with van der Waals surface area (Å²) < 4.78 is 3.91. The van der Waals surface area contributed by atoms with Crippen LogP contribution >= 0.6 is 0 Å². The summed E-state index contributed by atoms with van der Waals surface area (Å²) in [6.45, 7) is 3.33. The first-order valence-electron chi connectivity index (χ1n) is 11.5. The number of hydrogen-bond acceptors (Lipinski definition) is 7. The maximum Gasteiger partial charge on any atom is 0.427 e. The number of benzene rings is 2. The number of fused-ring (bicyclic) bond motifs is 1. The van der Waals surface area contributed by atoms with Gasteiger partial charge >= 0.3 is 11.9 Å². The van der Waals surface area contributed by atoms with Crippen LogP contribution in [-0.2, 0) is 19.9 Å². The van der Waals surface area contributed by atoms with E-state index in [9.17, 15) is 19.2 Å². The summed E-state index contributed by atoms with van der Waals surface area (Å²) in [7, 11) is 1.48. The molecule has 1 aromatic heterocycles. The number of nitrogens with zero attached hydrogens (tertiary/aromatic N) is 4. The number of aromatic nitrogens is 2. The van der Waals surface area contributed by atoms with Gasteiger partial charge in [0.25, 0.3) is 5.91 Å². The predicted molar refractivity (Wildman–Crippen MR) is 135 cm³/mol. The molecule has 0 radical (unpaired) electrons. The van der Waals surface area contributed by atoms with Crippen molar-refractivity contribution in [3.63, 3.8) is 0 Å². The standard InChI is InChI=1S/C26H26N6O5/c1-16(2)26(23(27)35,17-9-11-18(37-3)12-10-17)32(24(28)36)20-8-5-4-7-19(20)31(21(33)15-22(32)34)25-29-13-6-14-30-25/h4-14,16H,15H2,1-3H3,(H3-,27,28,35,36)/p+1. The third-order valence-electron chi connectivity index (χ3n) is 6.76. The number of nitrogens with two attached hydrogens (primary N) is 2. The van der Waals surface area contributed by atoms with Crippen LogP contribution in [0.1, 0.15) is 25.8 Å². The Morgan fingerprint density at radius 2 is 1.62 bits per heavy atom. The fraction of sp³-hybridized carbons (Fsp3) is 0.231. The topological polar surface area (TPSA) is 159 Å². The van der Waals surface area contributed by atoms with Gasteiger partial charge in [-0.1, -0.05) is 26.0 Å². The van der Waals surface area contributed by atoms with Crippen LogP contribution in [0.2, 0.25) is 0 Å². The van der Waals surface area contributed by atoms with Crippen LogP contribution in [-0.4, -0.2) is 40.8 Å². The van der Waals surface area contributed by atoms with Crippen molar-refractivity contribution in [1.29, 1.82) is 0 Å². The Hall–Kier alpha value is -4.64. The SMILES string of the molecule is COc1ccc(C(C(N)=O)(C(C)C)[N+]2(C(N)=O)C(=O)CC(=O)N(c3ncccn3)c3ccccc32)cc1. The molecule has 2 unspecified atom stereocenters. The molecule has 0 spiro atoms. The second-order valence-corrected chi connectivity index (χ2v) is 8.86. The van der Waals surface area contributed by atoms with Crippen molar-refractivity contribution < 1.29 is 23.9 Å². The number of imide groups is 1. The summed E-state index contributed by atoms with van der Waals surface area (Å²) in [5.74, 6) is -2.82. The average Bonchev–Trinajstić information content (AvgIpc) is 2.97. The van der Waals surface area contributed by atoms with Gasteiger partial charge in [-0.2, -0.15) is 0 Å². The highest BCUT2D eigenvalue weighted by molar-refractivity contribution is 6.24. The minimum absolute atomic E-state index is 0.00150. The number of para-hydroxylation sites is 2. The summed E-state index contributed by atoms with van der Waals surface area (Å²) in [6, 6.07) is 13.0. The first-order valence-corrected chi connectivity index (χ1v) is 11.5. The molecular formula is C26H27N6O5+. The molecule has 1 aliphatic heterocycles. The highest BCUT2D eigenvalue weighted by Gasteiger charge is 2.70. The predicted octanol–water partition coefficient (Wildman–Crippen LogP) is 2.50. The van der Waals surface area contributed by atoms with E-state index in [-0.39, 0.29) is 22.9 Å². The van der Waals surface area contributed by atoms with Crippen LogP contribution in [0, 0.1) is 5.92 Å². The molecule has 2 heterocycles. The number of hydrogen-bond donors (Lipinski definition) is 2. The number of rotatable bonds is 6. The Morgan fingerprint density at radius 3 is 2.16 bits per heavy atom. The van der Waals surface area contributed by atoms with E-state index in [1.165, 1.54) is 31.6 Å². The fourth-order valence-electron chi connectivity index (χ4n) is 5.31. The number of carbonyl (C=O) groups excluding carboxylic acids is 4. The van der Waals surface area contributed by atoms with Crippen LogP contribution in [0.25, 0.3) is 0 Å². The van der Waals surface area contributed by atoms with Crippen LogP contribution in [0.5, 0.6) is 5.75 Å². The molecule has 1 aliphatic rings. The molecule has 37 heavy (non-hydrogen) atoms. The summed E-state index contributed by atoms with van der Waals surface area (Å²) in [6.07, 6.45) is 2.12. The second kappa shape index (κ2) is 9.43. The number of anilines is 2. The van der Waals surface area contributed by atoms with Crippen molar-refractivity contribution in [2.24, 2.45) is 17.4 Å². The minimum atomic E-state index is -2.03.